The number of rotatable bonds is 0. The lowest BCUT2D eigenvalue weighted by atomic mass is 9.26. The van der Waals surface area contributed by atoms with Crippen LogP contribution in [-0.4, -0.2) is 42.1 Å². The van der Waals surface area contributed by atoms with Crippen LogP contribution in [0.2, 0.25) is 10.4 Å². The predicted octanol–water partition coefficient (Wildman–Crippen LogP) is 1.78. The Hall–Kier alpha value is 0.220. The summed E-state index contributed by atoms with van der Waals surface area (Å²) in [4.78, 5) is 0. The smallest absolute Gasteiger partial charge is 0.0658 e. The molecule has 5 heteroatoms. The second kappa shape index (κ2) is 4.36. The Morgan fingerprint density at radius 1 is 0.778 bits per heavy atom. The van der Waals surface area contributed by atoms with Gasteiger partial charge in [-0.05, 0) is 25.2 Å². The maximum absolute atomic E-state index is 10.5. The van der Waals surface area contributed by atoms with Crippen LogP contribution in [0, 0.1) is 5.41 Å². The first-order valence-corrected chi connectivity index (χ1v) is 7.00. The molecule has 0 aromatic rings. The molecule has 1 nitrogen and oxygen atoms in total. The zero-order chi connectivity index (χ0) is 13.7. The van der Waals surface area contributed by atoms with Crippen LogP contribution in [0.25, 0.3) is 0 Å². The van der Waals surface area contributed by atoms with E-state index in [4.69, 9.17) is 31.4 Å². The highest BCUT2D eigenvalue weighted by molar-refractivity contribution is 6.46. The molecule has 0 atom stereocenters. The van der Waals surface area contributed by atoms with Gasteiger partial charge >= 0.3 is 0 Å². The third kappa shape index (κ3) is 2.21. The third-order valence-electron chi connectivity index (χ3n) is 5.31. The minimum Gasteiger partial charge on any atom is -0.392 e. The summed E-state index contributed by atoms with van der Waals surface area (Å²) in [6.07, 6.45) is 8.19. The molecule has 2 saturated carbocycles. The summed E-state index contributed by atoms with van der Waals surface area (Å²) in [5.41, 5.74) is -1.44. The van der Waals surface area contributed by atoms with Crippen LogP contribution < -0.4 is 0 Å². The number of aliphatic hydroxyl groups is 1. The lowest BCUT2D eigenvalue weighted by Crippen LogP contribution is -2.59. The molecule has 0 heterocycles. The minimum absolute atomic E-state index is 0.00569. The van der Waals surface area contributed by atoms with E-state index < -0.39 is 16.0 Å². The monoisotopic (exact) mass is 236 g/mol. The van der Waals surface area contributed by atoms with Crippen molar-refractivity contribution in [3.63, 3.8) is 0 Å². The fraction of sp³-hybridized carbons (Fsp3) is 1.00. The van der Waals surface area contributed by atoms with Gasteiger partial charge in [0.15, 0.2) is 0 Å². The first-order chi connectivity index (χ1) is 8.12. The summed E-state index contributed by atoms with van der Waals surface area (Å²) in [6.45, 7) is 1.57. The van der Waals surface area contributed by atoms with Crippen LogP contribution in [0.5, 0.6) is 0 Å². The van der Waals surface area contributed by atoms with Crippen LogP contribution in [0.15, 0.2) is 0 Å². The van der Waals surface area contributed by atoms with E-state index >= 15 is 0 Å². The van der Waals surface area contributed by atoms with E-state index in [9.17, 15) is 5.11 Å². The van der Waals surface area contributed by atoms with E-state index in [2.05, 4.69) is 0 Å². The molecule has 18 heavy (non-hydrogen) atoms. The van der Waals surface area contributed by atoms with Crippen molar-refractivity contribution in [2.45, 2.75) is 74.3 Å². The van der Waals surface area contributed by atoms with Crippen LogP contribution in [0.3, 0.4) is 0 Å². The summed E-state index contributed by atoms with van der Waals surface area (Å²) < 4.78 is 0. The maximum Gasteiger partial charge on any atom is 0.0658 e. The molecule has 2 aliphatic rings. The Labute approximate surface area is 117 Å². The minimum atomic E-state index is -1.45. The van der Waals surface area contributed by atoms with Crippen molar-refractivity contribution in [1.29, 1.82) is 0 Å². The Morgan fingerprint density at radius 3 is 1.56 bits per heavy atom. The zero-order valence-corrected chi connectivity index (χ0v) is 11.4. The molecule has 0 aromatic carbocycles. The first-order valence-electron chi connectivity index (χ1n) is 7.00. The summed E-state index contributed by atoms with van der Waals surface area (Å²) in [6, 6.07) is 0. The van der Waals surface area contributed by atoms with Gasteiger partial charge < -0.3 is 5.11 Å². The van der Waals surface area contributed by atoms with Crippen molar-refractivity contribution >= 4 is 31.4 Å². The molecule has 90 valence electrons. The zero-order valence-electron chi connectivity index (χ0n) is 11.4. The van der Waals surface area contributed by atoms with E-state index in [0.717, 1.165) is 12.8 Å². The second-order valence-corrected chi connectivity index (χ2v) is 6.92. The summed E-state index contributed by atoms with van der Waals surface area (Å²) in [7, 11) is 24.6. The molecule has 1 spiro atoms. The highest BCUT2D eigenvalue weighted by Crippen LogP contribution is 2.65. The molecule has 0 unspecified atom stereocenters. The Morgan fingerprint density at radius 2 is 1.17 bits per heavy atom. The molecule has 0 amide bonds. The summed E-state index contributed by atoms with van der Waals surface area (Å²) in [5.74, 6) is 0. The topological polar surface area (TPSA) is 20.2 Å². The van der Waals surface area contributed by atoms with E-state index in [1.165, 1.54) is 25.7 Å². The van der Waals surface area contributed by atoms with Crippen molar-refractivity contribution in [3.8, 4) is 0 Å². The lowest BCUT2D eigenvalue weighted by molar-refractivity contribution is -0.0500. The van der Waals surface area contributed by atoms with Crippen molar-refractivity contribution in [1.82, 2.24) is 0 Å². The van der Waals surface area contributed by atoms with Gasteiger partial charge in [0, 0.05) is 5.60 Å². The number of hydrogen-bond donors (Lipinski definition) is 1. The standard InChI is InChI=1S/C13H20B4O/c1-10(18)12(14,15)8-11(9-13(10,16)17)6-4-2-3-5-7-11/h18H,2-9H2,1H3. The molecule has 2 fully saturated rings. The third-order valence-corrected chi connectivity index (χ3v) is 5.31. The fourth-order valence-electron chi connectivity index (χ4n) is 3.91. The van der Waals surface area contributed by atoms with Crippen LogP contribution in [-0.2, 0) is 0 Å². The van der Waals surface area contributed by atoms with Gasteiger partial charge in [-0.2, -0.15) is 0 Å². The first kappa shape index (κ1) is 14.6. The van der Waals surface area contributed by atoms with Crippen LogP contribution in [0.1, 0.15) is 58.3 Å². The van der Waals surface area contributed by atoms with Gasteiger partial charge in [-0.1, -0.05) is 49.0 Å². The van der Waals surface area contributed by atoms with E-state index in [1.54, 1.807) is 6.92 Å². The molecule has 0 bridgehead atoms. The molecule has 2 aliphatic carbocycles. The molecular weight excluding hydrogens is 215 g/mol. The Bertz CT molecular complexity index is 295. The van der Waals surface area contributed by atoms with Gasteiger partial charge in [-0.3, -0.25) is 0 Å². The lowest BCUT2D eigenvalue weighted by Gasteiger charge is -2.63. The van der Waals surface area contributed by atoms with Crippen LogP contribution in [0.4, 0.5) is 0 Å². The van der Waals surface area contributed by atoms with Gasteiger partial charge in [0.25, 0.3) is 0 Å². The SMILES string of the molecule is [B]C1([B])CC2(CCCCCC2)CC([B])([B])C1(C)O. The largest absolute Gasteiger partial charge is 0.392 e. The van der Waals surface area contributed by atoms with Gasteiger partial charge in [-0.25, -0.2) is 0 Å². The molecule has 0 saturated heterocycles. The molecule has 0 aromatic heterocycles. The van der Waals surface area contributed by atoms with E-state index in [-0.39, 0.29) is 5.41 Å². The average Bonchev–Trinajstić information content (AvgIpc) is 2.40. The Balaban J connectivity index is 2.32. The average molecular weight is 236 g/mol. The molecule has 1 N–H and O–H groups in total. The van der Waals surface area contributed by atoms with Gasteiger partial charge in [0.2, 0.25) is 0 Å². The Kier molecular flexibility index (Phi) is 3.55. The van der Waals surface area contributed by atoms with Gasteiger partial charge in [0.1, 0.15) is 0 Å². The van der Waals surface area contributed by atoms with Crippen molar-refractivity contribution < 1.29 is 5.11 Å². The van der Waals surface area contributed by atoms with Crippen molar-refractivity contribution in [2.24, 2.45) is 5.41 Å². The van der Waals surface area contributed by atoms with Crippen molar-refractivity contribution in [3.05, 3.63) is 0 Å². The summed E-state index contributed by atoms with van der Waals surface area (Å²) >= 11 is 0. The van der Waals surface area contributed by atoms with Gasteiger partial charge in [0.05, 0.1) is 31.4 Å². The molecular formula is C13H20B4O. The van der Waals surface area contributed by atoms with E-state index in [1.807, 2.05) is 0 Å². The number of hydrogen-bond acceptors (Lipinski definition) is 1. The summed E-state index contributed by atoms with van der Waals surface area (Å²) in [5, 5.41) is 8.07. The van der Waals surface area contributed by atoms with Crippen molar-refractivity contribution in [2.75, 3.05) is 0 Å². The van der Waals surface area contributed by atoms with E-state index in [0.29, 0.717) is 12.8 Å². The quantitative estimate of drug-likeness (QED) is 0.635. The van der Waals surface area contributed by atoms with Crippen LogP contribution >= 0.6 is 0 Å². The second-order valence-electron chi connectivity index (χ2n) is 6.92. The fourth-order valence-corrected chi connectivity index (χ4v) is 3.91. The van der Waals surface area contributed by atoms with Gasteiger partial charge in [-0.15, -0.1) is 0 Å². The highest BCUT2D eigenvalue weighted by atomic mass is 16.3. The predicted molar refractivity (Wildman–Crippen MR) is 78.4 cm³/mol. The maximum atomic E-state index is 10.5. The molecule has 8 radical (unpaired) electrons. The molecule has 2 rings (SSSR count). The highest BCUT2D eigenvalue weighted by Gasteiger charge is 2.57. The molecule has 0 aliphatic heterocycles. The normalized spacial score (nSPS) is 32.8.